The number of ether oxygens (including phenoxy) is 1. The van der Waals surface area contributed by atoms with Crippen LogP contribution in [0.5, 0.6) is 0 Å². The maximum absolute atomic E-state index is 12.5. The van der Waals surface area contributed by atoms with Crippen LogP contribution >= 0.6 is 23.1 Å². The first-order valence-corrected chi connectivity index (χ1v) is 11.6. The maximum atomic E-state index is 12.5. The first-order chi connectivity index (χ1) is 13.8. The van der Waals surface area contributed by atoms with Gasteiger partial charge < -0.3 is 10.1 Å². The van der Waals surface area contributed by atoms with Crippen molar-refractivity contribution < 1.29 is 9.53 Å². The molecule has 0 unspecified atom stereocenters. The second-order valence-corrected chi connectivity index (χ2v) is 9.96. The molecule has 5 nitrogen and oxygen atoms in total. The summed E-state index contributed by atoms with van der Waals surface area (Å²) in [5.41, 5.74) is 3.07. The number of hydrogen-bond acceptors (Lipinski definition) is 6. The zero-order valence-corrected chi connectivity index (χ0v) is 18.8. The predicted molar refractivity (Wildman–Crippen MR) is 120 cm³/mol. The molecule has 0 atom stereocenters. The number of anilines is 1. The zero-order chi connectivity index (χ0) is 20.6. The van der Waals surface area contributed by atoms with Crippen LogP contribution in [0.15, 0.2) is 29.3 Å². The van der Waals surface area contributed by atoms with Gasteiger partial charge in [-0.25, -0.2) is 9.97 Å². The summed E-state index contributed by atoms with van der Waals surface area (Å²) in [6.07, 6.45) is 1.60. The summed E-state index contributed by atoms with van der Waals surface area (Å²) in [6.45, 7) is 8.92. The molecule has 4 rings (SSSR count). The van der Waals surface area contributed by atoms with Crippen LogP contribution in [0.3, 0.4) is 0 Å². The van der Waals surface area contributed by atoms with Gasteiger partial charge in [-0.1, -0.05) is 36.4 Å². The number of nitrogens with one attached hydrogen (secondary N) is 1. The van der Waals surface area contributed by atoms with Gasteiger partial charge in [-0.15, -0.1) is 11.3 Å². The van der Waals surface area contributed by atoms with Crippen molar-refractivity contribution in [3.63, 3.8) is 0 Å². The Morgan fingerprint density at radius 1 is 1.28 bits per heavy atom. The van der Waals surface area contributed by atoms with Crippen LogP contribution in [0, 0.1) is 6.92 Å². The SMILES string of the molecule is CCc1nc(SCC(=O)Nc2ccc(C)cc2)c2c3c(sc2n1)COC(C)(C)C3. The maximum Gasteiger partial charge on any atom is 0.234 e. The Bertz CT molecular complexity index is 1060. The summed E-state index contributed by atoms with van der Waals surface area (Å²) in [5.74, 6) is 1.10. The molecule has 1 amide bonds. The highest BCUT2D eigenvalue weighted by atomic mass is 32.2. The van der Waals surface area contributed by atoms with Crippen molar-refractivity contribution in [3.05, 3.63) is 46.1 Å². The standard InChI is InChI=1S/C22H25N3O2S2/c1-5-17-24-20(28-12-18(26)23-14-8-6-13(2)7-9-14)19-15-10-22(3,4)27-11-16(15)29-21(19)25-17/h6-9H,5,10-12H2,1-4H3,(H,23,26). The number of hydrogen-bond donors (Lipinski definition) is 1. The number of aryl methyl sites for hydroxylation is 2. The van der Waals surface area contributed by atoms with E-state index < -0.39 is 0 Å². The first-order valence-electron chi connectivity index (χ1n) is 9.79. The zero-order valence-electron chi connectivity index (χ0n) is 17.2. The molecule has 3 aromatic rings. The van der Waals surface area contributed by atoms with Crippen molar-refractivity contribution in [1.82, 2.24) is 9.97 Å². The lowest BCUT2D eigenvalue weighted by atomic mass is 9.95. The highest BCUT2D eigenvalue weighted by Gasteiger charge is 2.31. The van der Waals surface area contributed by atoms with Crippen LogP contribution in [-0.4, -0.2) is 27.2 Å². The number of fused-ring (bicyclic) bond motifs is 3. The Morgan fingerprint density at radius 2 is 2.03 bits per heavy atom. The third-order valence-electron chi connectivity index (χ3n) is 4.94. The number of benzene rings is 1. The number of amides is 1. The van der Waals surface area contributed by atoms with Crippen LogP contribution in [0.1, 0.15) is 42.6 Å². The van der Waals surface area contributed by atoms with Crippen LogP contribution in [0.25, 0.3) is 10.2 Å². The normalized spacial score (nSPS) is 15.3. The van der Waals surface area contributed by atoms with E-state index in [4.69, 9.17) is 14.7 Å². The molecule has 0 fully saturated rings. The van der Waals surface area contributed by atoms with Gasteiger partial charge in [0.25, 0.3) is 0 Å². The number of carbonyl (C=O) groups is 1. The first kappa shape index (κ1) is 20.3. The predicted octanol–water partition coefficient (Wildman–Crippen LogP) is 5.14. The molecule has 0 radical (unpaired) electrons. The third-order valence-corrected chi connectivity index (χ3v) is 7.01. The van der Waals surface area contributed by atoms with E-state index in [1.54, 1.807) is 11.3 Å². The summed E-state index contributed by atoms with van der Waals surface area (Å²) in [4.78, 5) is 24.3. The van der Waals surface area contributed by atoms with Crippen LogP contribution in [0.2, 0.25) is 0 Å². The highest BCUT2D eigenvalue weighted by molar-refractivity contribution is 8.00. The second-order valence-electron chi connectivity index (χ2n) is 7.91. The van der Waals surface area contributed by atoms with Crippen molar-refractivity contribution in [2.75, 3.05) is 11.1 Å². The van der Waals surface area contributed by atoms with Crippen molar-refractivity contribution in [3.8, 4) is 0 Å². The molecule has 0 bridgehead atoms. The number of thiophene rings is 1. The van der Waals surface area contributed by atoms with Gasteiger partial charge in [0, 0.05) is 28.8 Å². The van der Waals surface area contributed by atoms with Gasteiger partial charge in [0.2, 0.25) is 5.91 Å². The van der Waals surface area contributed by atoms with Gasteiger partial charge >= 0.3 is 0 Å². The Balaban J connectivity index is 1.59. The molecule has 3 heterocycles. The molecular weight excluding hydrogens is 402 g/mol. The van der Waals surface area contributed by atoms with Crippen molar-refractivity contribution in [1.29, 1.82) is 0 Å². The molecule has 0 saturated carbocycles. The fraction of sp³-hybridized carbons (Fsp3) is 0.409. The van der Waals surface area contributed by atoms with E-state index >= 15 is 0 Å². The van der Waals surface area contributed by atoms with Crippen LogP contribution in [0.4, 0.5) is 5.69 Å². The van der Waals surface area contributed by atoms with E-state index in [0.29, 0.717) is 12.4 Å². The number of rotatable bonds is 5. The van der Waals surface area contributed by atoms with Crippen LogP contribution in [-0.2, 0) is 29.0 Å². The van der Waals surface area contributed by atoms with E-state index in [1.807, 2.05) is 31.2 Å². The minimum absolute atomic E-state index is 0.0311. The molecule has 0 aliphatic carbocycles. The summed E-state index contributed by atoms with van der Waals surface area (Å²) in [5, 5.41) is 4.97. The largest absolute Gasteiger partial charge is 0.370 e. The number of thioether (sulfide) groups is 1. The number of aromatic nitrogens is 2. The highest BCUT2D eigenvalue weighted by Crippen LogP contribution is 2.41. The molecule has 1 aliphatic heterocycles. The smallest absolute Gasteiger partial charge is 0.234 e. The average molecular weight is 428 g/mol. The lowest BCUT2D eigenvalue weighted by molar-refractivity contribution is -0.113. The minimum Gasteiger partial charge on any atom is -0.370 e. The van der Waals surface area contributed by atoms with E-state index in [-0.39, 0.29) is 11.5 Å². The summed E-state index contributed by atoms with van der Waals surface area (Å²) in [6, 6.07) is 7.83. The van der Waals surface area contributed by atoms with Crippen LogP contribution < -0.4 is 5.32 Å². The van der Waals surface area contributed by atoms with Crippen molar-refractivity contribution >= 4 is 44.9 Å². The van der Waals surface area contributed by atoms with Gasteiger partial charge in [0.15, 0.2) is 0 Å². The molecule has 2 aromatic heterocycles. The lowest BCUT2D eigenvalue weighted by Crippen LogP contribution is -2.31. The quantitative estimate of drug-likeness (QED) is 0.451. The Morgan fingerprint density at radius 3 is 2.76 bits per heavy atom. The molecule has 1 N–H and O–H groups in total. The van der Waals surface area contributed by atoms with Gasteiger partial charge in [-0.05, 0) is 38.5 Å². The van der Waals surface area contributed by atoms with E-state index in [1.165, 1.54) is 27.8 Å². The van der Waals surface area contributed by atoms with Gasteiger partial charge in [-0.2, -0.15) is 0 Å². The van der Waals surface area contributed by atoms with Crippen molar-refractivity contribution in [2.45, 2.75) is 57.8 Å². The molecular formula is C22H25N3O2S2. The van der Waals surface area contributed by atoms with E-state index in [9.17, 15) is 4.79 Å². The van der Waals surface area contributed by atoms with Gasteiger partial charge in [0.05, 0.1) is 18.0 Å². The fourth-order valence-corrected chi connectivity index (χ4v) is 5.44. The molecule has 29 heavy (non-hydrogen) atoms. The van der Waals surface area contributed by atoms with Gasteiger partial charge in [0.1, 0.15) is 15.7 Å². The second kappa shape index (κ2) is 8.05. The number of nitrogens with zero attached hydrogens (tertiary/aromatic N) is 2. The Labute approximate surface area is 179 Å². The molecule has 0 saturated heterocycles. The van der Waals surface area contributed by atoms with E-state index in [2.05, 4.69) is 26.1 Å². The topological polar surface area (TPSA) is 64.1 Å². The summed E-state index contributed by atoms with van der Waals surface area (Å²) < 4.78 is 5.98. The van der Waals surface area contributed by atoms with E-state index in [0.717, 1.165) is 39.6 Å². The lowest BCUT2D eigenvalue weighted by Gasteiger charge is -2.30. The molecule has 0 spiro atoms. The Kier molecular flexibility index (Phi) is 5.64. The third kappa shape index (κ3) is 4.47. The molecule has 1 aromatic carbocycles. The van der Waals surface area contributed by atoms with Crippen molar-refractivity contribution in [2.24, 2.45) is 0 Å². The molecule has 7 heteroatoms. The summed E-state index contributed by atoms with van der Waals surface area (Å²) >= 11 is 3.18. The molecule has 1 aliphatic rings. The average Bonchev–Trinajstić information content (AvgIpc) is 3.04. The molecule has 152 valence electrons. The minimum atomic E-state index is -0.199. The fourth-order valence-electron chi connectivity index (χ4n) is 3.38. The number of carbonyl (C=O) groups excluding carboxylic acids is 1. The summed E-state index contributed by atoms with van der Waals surface area (Å²) in [7, 11) is 0. The monoisotopic (exact) mass is 427 g/mol. The Hall–Kier alpha value is -1.96. The van der Waals surface area contributed by atoms with Gasteiger partial charge in [-0.3, -0.25) is 4.79 Å².